The lowest BCUT2D eigenvalue weighted by molar-refractivity contribution is -0.0404. The van der Waals surface area contributed by atoms with Gasteiger partial charge in [0.05, 0.1) is 19.3 Å². The molecule has 8 heteroatoms. The topological polar surface area (TPSA) is 93.9 Å². The number of carboxylic acids is 1. The van der Waals surface area contributed by atoms with Crippen LogP contribution in [0.25, 0.3) is 0 Å². The molecular formula is C17H19N3O5. The maximum Gasteiger partial charge on any atom is 0.339 e. The molecule has 1 unspecified atom stereocenters. The van der Waals surface area contributed by atoms with Gasteiger partial charge in [-0.2, -0.15) is 5.10 Å². The molecule has 1 N–H and O–H groups in total. The lowest BCUT2D eigenvalue weighted by Gasteiger charge is -2.32. The molecule has 1 saturated heterocycles. The van der Waals surface area contributed by atoms with E-state index in [2.05, 4.69) is 5.10 Å². The second kappa shape index (κ2) is 7.35. The molecule has 1 aliphatic heterocycles. The van der Waals surface area contributed by atoms with E-state index in [1.807, 2.05) is 30.3 Å². The number of aromatic nitrogens is 2. The van der Waals surface area contributed by atoms with Crippen molar-refractivity contribution < 1.29 is 24.2 Å². The Labute approximate surface area is 144 Å². The summed E-state index contributed by atoms with van der Waals surface area (Å²) in [4.78, 5) is 25.6. The standard InChI is InChI=1S/C17H19N3O5/c1-19-15(14(9-18-19)17(22)23)16(21)20-7-8-24-13(10-20)11-25-12-5-3-2-4-6-12/h2-6,9,13H,7-8,10-11H2,1H3,(H,22,23). The van der Waals surface area contributed by atoms with Crippen LogP contribution >= 0.6 is 0 Å². The minimum Gasteiger partial charge on any atom is -0.491 e. The number of carbonyl (C=O) groups excluding carboxylic acids is 1. The molecule has 3 rings (SSSR count). The Morgan fingerprint density at radius 1 is 1.36 bits per heavy atom. The predicted octanol–water partition coefficient (Wildman–Crippen LogP) is 1.04. The van der Waals surface area contributed by atoms with E-state index in [0.717, 1.165) is 5.75 Å². The summed E-state index contributed by atoms with van der Waals surface area (Å²) in [6, 6.07) is 9.35. The van der Waals surface area contributed by atoms with Gasteiger partial charge in [-0.15, -0.1) is 0 Å². The first-order chi connectivity index (χ1) is 12.1. The van der Waals surface area contributed by atoms with E-state index in [4.69, 9.17) is 9.47 Å². The molecule has 132 valence electrons. The number of rotatable bonds is 5. The van der Waals surface area contributed by atoms with Gasteiger partial charge < -0.3 is 19.5 Å². The van der Waals surface area contributed by atoms with Crippen LogP contribution in [0.5, 0.6) is 5.75 Å². The van der Waals surface area contributed by atoms with Crippen LogP contribution in [0.2, 0.25) is 0 Å². The van der Waals surface area contributed by atoms with Crippen LogP contribution in [0.1, 0.15) is 20.8 Å². The van der Waals surface area contributed by atoms with Gasteiger partial charge in [-0.3, -0.25) is 9.48 Å². The van der Waals surface area contributed by atoms with Crippen LogP contribution in [-0.2, 0) is 11.8 Å². The van der Waals surface area contributed by atoms with Crippen LogP contribution < -0.4 is 4.74 Å². The number of benzene rings is 1. The maximum atomic E-state index is 12.7. The second-order valence-electron chi connectivity index (χ2n) is 5.70. The summed E-state index contributed by atoms with van der Waals surface area (Å²) in [6.45, 7) is 1.40. The second-order valence-corrected chi connectivity index (χ2v) is 5.70. The van der Waals surface area contributed by atoms with Crippen LogP contribution in [0, 0.1) is 0 Å². The smallest absolute Gasteiger partial charge is 0.339 e. The maximum absolute atomic E-state index is 12.7. The van der Waals surface area contributed by atoms with Crippen molar-refractivity contribution in [3.63, 3.8) is 0 Å². The van der Waals surface area contributed by atoms with E-state index in [1.165, 1.54) is 10.9 Å². The van der Waals surface area contributed by atoms with Crippen LogP contribution in [-0.4, -0.2) is 64.1 Å². The average molecular weight is 345 g/mol. The number of para-hydroxylation sites is 1. The molecule has 8 nitrogen and oxygen atoms in total. The van der Waals surface area contributed by atoms with Crippen molar-refractivity contribution in [1.82, 2.24) is 14.7 Å². The number of morpholine rings is 1. The Kier molecular flexibility index (Phi) is 4.99. The van der Waals surface area contributed by atoms with E-state index < -0.39 is 5.97 Å². The van der Waals surface area contributed by atoms with Gasteiger partial charge in [0.1, 0.15) is 29.7 Å². The van der Waals surface area contributed by atoms with Crippen molar-refractivity contribution in [3.05, 3.63) is 47.8 Å². The van der Waals surface area contributed by atoms with Crippen molar-refractivity contribution in [3.8, 4) is 5.75 Å². The fourth-order valence-electron chi connectivity index (χ4n) is 2.71. The highest BCUT2D eigenvalue weighted by atomic mass is 16.5. The van der Waals surface area contributed by atoms with Crippen LogP contribution in [0.3, 0.4) is 0 Å². The molecule has 0 bridgehead atoms. The number of nitrogens with zero attached hydrogens (tertiary/aromatic N) is 3. The number of aromatic carboxylic acids is 1. The van der Waals surface area contributed by atoms with Crippen molar-refractivity contribution in [2.24, 2.45) is 7.05 Å². The zero-order chi connectivity index (χ0) is 17.8. The van der Waals surface area contributed by atoms with Gasteiger partial charge in [0.2, 0.25) is 0 Å². The Balaban J connectivity index is 1.66. The largest absolute Gasteiger partial charge is 0.491 e. The van der Waals surface area contributed by atoms with E-state index in [-0.39, 0.29) is 23.3 Å². The van der Waals surface area contributed by atoms with Gasteiger partial charge in [-0.25, -0.2) is 4.79 Å². The summed E-state index contributed by atoms with van der Waals surface area (Å²) in [7, 11) is 1.55. The minimum absolute atomic E-state index is 0.0668. The highest BCUT2D eigenvalue weighted by Gasteiger charge is 2.30. The predicted molar refractivity (Wildman–Crippen MR) is 87.7 cm³/mol. The van der Waals surface area contributed by atoms with E-state index in [0.29, 0.717) is 26.3 Å². The monoisotopic (exact) mass is 345 g/mol. The quantitative estimate of drug-likeness (QED) is 0.870. The van der Waals surface area contributed by atoms with Crippen LogP contribution in [0.4, 0.5) is 0 Å². The molecule has 0 radical (unpaired) electrons. The molecule has 1 atom stereocenters. The Bertz CT molecular complexity index is 759. The van der Waals surface area contributed by atoms with Gasteiger partial charge >= 0.3 is 5.97 Å². The summed E-state index contributed by atoms with van der Waals surface area (Å²) in [6.07, 6.45) is 0.908. The summed E-state index contributed by atoms with van der Waals surface area (Å²) in [5, 5.41) is 13.1. The van der Waals surface area contributed by atoms with Crippen molar-refractivity contribution in [2.75, 3.05) is 26.3 Å². The molecule has 25 heavy (non-hydrogen) atoms. The molecule has 0 aliphatic carbocycles. The van der Waals surface area contributed by atoms with Gasteiger partial charge in [-0.1, -0.05) is 18.2 Å². The van der Waals surface area contributed by atoms with E-state index >= 15 is 0 Å². The summed E-state index contributed by atoms with van der Waals surface area (Å²) in [5.41, 5.74) is -0.0341. The molecule has 2 heterocycles. The molecule has 1 aromatic carbocycles. The van der Waals surface area contributed by atoms with Gasteiger partial charge in [0, 0.05) is 13.6 Å². The normalized spacial score (nSPS) is 17.3. The number of hydrogen-bond donors (Lipinski definition) is 1. The fraction of sp³-hybridized carbons (Fsp3) is 0.353. The molecule has 2 aromatic rings. The number of hydrogen-bond acceptors (Lipinski definition) is 5. The highest BCUT2D eigenvalue weighted by molar-refractivity contribution is 6.03. The molecule has 0 saturated carbocycles. The number of carboxylic acid groups (broad SMARTS) is 1. The van der Waals surface area contributed by atoms with Crippen molar-refractivity contribution >= 4 is 11.9 Å². The zero-order valence-electron chi connectivity index (χ0n) is 13.8. The average Bonchev–Trinajstić information content (AvgIpc) is 3.02. The fourth-order valence-corrected chi connectivity index (χ4v) is 2.71. The molecule has 1 aromatic heterocycles. The zero-order valence-corrected chi connectivity index (χ0v) is 13.8. The lowest BCUT2D eigenvalue weighted by Crippen LogP contribution is -2.48. The third-order valence-corrected chi connectivity index (χ3v) is 3.98. The number of amides is 1. The van der Waals surface area contributed by atoms with Crippen LogP contribution in [0.15, 0.2) is 36.5 Å². The lowest BCUT2D eigenvalue weighted by atomic mass is 10.2. The number of ether oxygens (including phenoxy) is 2. The first kappa shape index (κ1) is 17.0. The van der Waals surface area contributed by atoms with Crippen molar-refractivity contribution in [2.45, 2.75) is 6.10 Å². The Morgan fingerprint density at radius 3 is 2.84 bits per heavy atom. The Morgan fingerprint density at radius 2 is 2.12 bits per heavy atom. The Hall–Kier alpha value is -2.87. The first-order valence-corrected chi connectivity index (χ1v) is 7.90. The third-order valence-electron chi connectivity index (χ3n) is 3.98. The minimum atomic E-state index is -1.17. The number of aryl methyl sites for hydroxylation is 1. The molecule has 0 spiro atoms. The molecule has 1 aliphatic rings. The molecule has 1 amide bonds. The molecule has 1 fully saturated rings. The highest BCUT2D eigenvalue weighted by Crippen LogP contribution is 2.16. The number of carbonyl (C=O) groups is 2. The summed E-state index contributed by atoms with van der Waals surface area (Å²) in [5.74, 6) is -0.812. The SMILES string of the molecule is Cn1ncc(C(=O)O)c1C(=O)N1CCOC(COc2ccccc2)C1. The summed E-state index contributed by atoms with van der Waals surface area (Å²) >= 11 is 0. The van der Waals surface area contributed by atoms with Gasteiger partial charge in [0.15, 0.2) is 0 Å². The summed E-state index contributed by atoms with van der Waals surface area (Å²) < 4.78 is 12.6. The van der Waals surface area contributed by atoms with Crippen molar-refractivity contribution in [1.29, 1.82) is 0 Å². The third kappa shape index (κ3) is 3.80. The molecular weight excluding hydrogens is 326 g/mol. The van der Waals surface area contributed by atoms with E-state index in [9.17, 15) is 14.7 Å². The first-order valence-electron chi connectivity index (χ1n) is 7.90. The van der Waals surface area contributed by atoms with Gasteiger partial charge in [-0.05, 0) is 12.1 Å². The van der Waals surface area contributed by atoms with E-state index in [1.54, 1.807) is 11.9 Å². The van der Waals surface area contributed by atoms with Gasteiger partial charge in [0.25, 0.3) is 5.91 Å².